The first-order valence-corrected chi connectivity index (χ1v) is 5.64. The van der Waals surface area contributed by atoms with E-state index < -0.39 is 0 Å². The van der Waals surface area contributed by atoms with Crippen molar-refractivity contribution < 1.29 is 4.74 Å². The summed E-state index contributed by atoms with van der Waals surface area (Å²) in [6, 6.07) is 9.60. The maximum Gasteiger partial charge on any atom is 0.137 e. The van der Waals surface area contributed by atoms with Gasteiger partial charge in [-0.25, -0.2) is 0 Å². The lowest BCUT2D eigenvalue weighted by Gasteiger charge is -2.29. The van der Waals surface area contributed by atoms with Gasteiger partial charge in [0, 0.05) is 13.1 Å². The third-order valence-corrected chi connectivity index (χ3v) is 2.97. The van der Waals surface area contributed by atoms with Gasteiger partial charge in [0.05, 0.1) is 5.56 Å². The Hall–Kier alpha value is -1.53. The highest BCUT2D eigenvalue weighted by Crippen LogP contribution is 2.21. The van der Waals surface area contributed by atoms with Crippen LogP contribution < -0.4 is 4.74 Å². The van der Waals surface area contributed by atoms with Crippen molar-refractivity contribution >= 4 is 0 Å². The molecule has 1 saturated heterocycles. The molecule has 0 amide bonds. The molecule has 16 heavy (non-hydrogen) atoms. The summed E-state index contributed by atoms with van der Waals surface area (Å²) in [6.07, 6.45) is 2.33. The fourth-order valence-electron chi connectivity index (χ4n) is 1.94. The maximum absolute atomic E-state index is 8.95. The Kier molecular flexibility index (Phi) is 3.43. The summed E-state index contributed by atoms with van der Waals surface area (Å²) in [6.45, 7) is 2.14. The molecule has 3 nitrogen and oxygen atoms in total. The summed E-state index contributed by atoms with van der Waals surface area (Å²) in [4.78, 5) is 2.30. The van der Waals surface area contributed by atoms with Crippen LogP contribution >= 0.6 is 0 Å². The Bertz CT molecular complexity index is 389. The number of nitriles is 1. The minimum atomic E-state index is 0.255. The average molecular weight is 216 g/mol. The highest BCUT2D eigenvalue weighted by atomic mass is 16.5. The molecular weight excluding hydrogens is 200 g/mol. The average Bonchev–Trinajstić information content (AvgIpc) is 2.33. The molecule has 0 aromatic heterocycles. The first kappa shape index (κ1) is 11.0. The summed E-state index contributed by atoms with van der Waals surface area (Å²) in [7, 11) is 2.12. The van der Waals surface area contributed by atoms with Gasteiger partial charge in [0.15, 0.2) is 0 Å². The number of hydrogen-bond donors (Lipinski definition) is 0. The van der Waals surface area contributed by atoms with Crippen molar-refractivity contribution in [2.24, 2.45) is 0 Å². The summed E-state index contributed by atoms with van der Waals surface area (Å²) < 4.78 is 5.88. The Morgan fingerprint density at radius 1 is 1.31 bits per heavy atom. The molecule has 1 fully saturated rings. The predicted octanol–water partition coefficient (Wildman–Crippen LogP) is 2.03. The second kappa shape index (κ2) is 5.00. The standard InChI is InChI=1S/C13H16N2O/c1-15-8-6-12(7-9-15)16-13-5-3-2-4-11(13)10-14/h2-5,12H,6-9H2,1H3. The summed E-state index contributed by atoms with van der Waals surface area (Å²) in [5.41, 5.74) is 0.626. The second-order valence-electron chi connectivity index (χ2n) is 4.23. The number of likely N-dealkylation sites (tertiary alicyclic amines) is 1. The number of piperidine rings is 1. The molecule has 0 radical (unpaired) electrons. The molecule has 0 saturated carbocycles. The second-order valence-corrected chi connectivity index (χ2v) is 4.23. The molecule has 0 unspecified atom stereocenters. The minimum Gasteiger partial charge on any atom is -0.489 e. The van der Waals surface area contributed by atoms with Crippen molar-refractivity contribution in [3.63, 3.8) is 0 Å². The maximum atomic E-state index is 8.95. The molecule has 2 rings (SSSR count). The zero-order chi connectivity index (χ0) is 11.4. The fraction of sp³-hybridized carbons (Fsp3) is 0.462. The number of benzene rings is 1. The van der Waals surface area contributed by atoms with E-state index in [1.165, 1.54) is 0 Å². The van der Waals surface area contributed by atoms with Crippen molar-refractivity contribution in [3.05, 3.63) is 29.8 Å². The Labute approximate surface area is 96.2 Å². The molecular formula is C13H16N2O. The zero-order valence-corrected chi connectivity index (χ0v) is 9.52. The van der Waals surface area contributed by atoms with Gasteiger partial charge in [-0.2, -0.15) is 5.26 Å². The highest BCUT2D eigenvalue weighted by molar-refractivity contribution is 5.42. The van der Waals surface area contributed by atoms with E-state index in [1.54, 1.807) is 6.07 Å². The number of nitrogens with zero attached hydrogens (tertiary/aromatic N) is 2. The van der Waals surface area contributed by atoms with Gasteiger partial charge in [-0.3, -0.25) is 0 Å². The predicted molar refractivity (Wildman–Crippen MR) is 62.3 cm³/mol. The van der Waals surface area contributed by atoms with E-state index in [0.717, 1.165) is 31.7 Å². The Morgan fingerprint density at radius 2 is 2.00 bits per heavy atom. The zero-order valence-electron chi connectivity index (χ0n) is 9.52. The van der Waals surface area contributed by atoms with Crippen LogP contribution in [0.15, 0.2) is 24.3 Å². The molecule has 84 valence electrons. The normalized spacial score (nSPS) is 18.0. The largest absolute Gasteiger partial charge is 0.489 e. The quantitative estimate of drug-likeness (QED) is 0.759. The summed E-state index contributed by atoms with van der Waals surface area (Å²) in [5.74, 6) is 0.722. The van der Waals surface area contributed by atoms with Crippen LogP contribution in [0, 0.1) is 11.3 Å². The van der Waals surface area contributed by atoms with E-state index in [4.69, 9.17) is 10.00 Å². The molecule has 0 atom stereocenters. The number of para-hydroxylation sites is 1. The topological polar surface area (TPSA) is 36.3 Å². The van der Waals surface area contributed by atoms with Gasteiger partial charge in [0.1, 0.15) is 17.9 Å². The third-order valence-electron chi connectivity index (χ3n) is 2.97. The number of rotatable bonds is 2. The summed E-state index contributed by atoms with van der Waals surface area (Å²) in [5, 5.41) is 8.95. The molecule has 0 aliphatic carbocycles. The van der Waals surface area contributed by atoms with Crippen LogP contribution in [0.1, 0.15) is 18.4 Å². The van der Waals surface area contributed by atoms with Gasteiger partial charge in [0.2, 0.25) is 0 Å². The molecule has 1 heterocycles. The third kappa shape index (κ3) is 2.53. The van der Waals surface area contributed by atoms with Gasteiger partial charge in [-0.15, -0.1) is 0 Å². The summed E-state index contributed by atoms with van der Waals surface area (Å²) >= 11 is 0. The first-order valence-electron chi connectivity index (χ1n) is 5.64. The molecule has 1 aliphatic heterocycles. The lowest BCUT2D eigenvalue weighted by Crippen LogP contribution is -2.35. The fourth-order valence-corrected chi connectivity index (χ4v) is 1.94. The van der Waals surface area contributed by atoms with Crippen LogP contribution in [0.3, 0.4) is 0 Å². The lowest BCUT2D eigenvalue weighted by atomic mass is 10.1. The van der Waals surface area contributed by atoms with Gasteiger partial charge < -0.3 is 9.64 Å². The van der Waals surface area contributed by atoms with E-state index in [-0.39, 0.29) is 6.10 Å². The lowest BCUT2D eigenvalue weighted by molar-refractivity contribution is 0.114. The van der Waals surface area contributed by atoms with Gasteiger partial charge in [-0.05, 0) is 32.0 Å². The Balaban J connectivity index is 2.01. The smallest absolute Gasteiger partial charge is 0.137 e. The molecule has 3 heteroatoms. The van der Waals surface area contributed by atoms with Crippen molar-refractivity contribution in [2.45, 2.75) is 18.9 Å². The highest BCUT2D eigenvalue weighted by Gasteiger charge is 2.18. The van der Waals surface area contributed by atoms with Crippen LogP contribution in [0.5, 0.6) is 5.75 Å². The molecule has 1 aromatic rings. The molecule has 1 aliphatic rings. The van der Waals surface area contributed by atoms with Crippen LogP contribution in [0.2, 0.25) is 0 Å². The van der Waals surface area contributed by atoms with Crippen LogP contribution in [0.25, 0.3) is 0 Å². The molecule has 0 spiro atoms. The molecule has 0 bridgehead atoms. The first-order chi connectivity index (χ1) is 7.79. The molecule has 1 aromatic carbocycles. The monoisotopic (exact) mass is 216 g/mol. The van der Waals surface area contributed by atoms with Crippen LogP contribution in [-0.2, 0) is 0 Å². The van der Waals surface area contributed by atoms with Crippen molar-refractivity contribution in [2.75, 3.05) is 20.1 Å². The van der Waals surface area contributed by atoms with E-state index in [0.29, 0.717) is 5.56 Å². The van der Waals surface area contributed by atoms with E-state index in [9.17, 15) is 0 Å². The SMILES string of the molecule is CN1CCC(Oc2ccccc2C#N)CC1. The number of hydrogen-bond acceptors (Lipinski definition) is 3. The van der Waals surface area contributed by atoms with Crippen LogP contribution in [-0.4, -0.2) is 31.1 Å². The van der Waals surface area contributed by atoms with Crippen LogP contribution in [0.4, 0.5) is 0 Å². The van der Waals surface area contributed by atoms with E-state index in [1.807, 2.05) is 18.2 Å². The van der Waals surface area contributed by atoms with E-state index >= 15 is 0 Å². The minimum absolute atomic E-state index is 0.255. The van der Waals surface area contributed by atoms with Gasteiger partial charge >= 0.3 is 0 Å². The van der Waals surface area contributed by atoms with Crippen molar-refractivity contribution in [3.8, 4) is 11.8 Å². The van der Waals surface area contributed by atoms with E-state index in [2.05, 4.69) is 18.0 Å². The van der Waals surface area contributed by atoms with Gasteiger partial charge in [0.25, 0.3) is 0 Å². The number of ether oxygens (including phenoxy) is 1. The van der Waals surface area contributed by atoms with Gasteiger partial charge in [-0.1, -0.05) is 12.1 Å². The molecule has 0 N–H and O–H groups in total. The van der Waals surface area contributed by atoms with Crippen molar-refractivity contribution in [1.82, 2.24) is 4.90 Å². The van der Waals surface area contributed by atoms with Crippen molar-refractivity contribution in [1.29, 1.82) is 5.26 Å². The Morgan fingerprint density at radius 3 is 2.69 bits per heavy atom.